The molecule has 88 valence electrons. The Morgan fingerprint density at radius 1 is 1.18 bits per heavy atom. The first kappa shape index (κ1) is 12.0. The maximum absolute atomic E-state index is 13.3. The molecule has 2 nitrogen and oxygen atoms in total. The maximum atomic E-state index is 13.3. The van der Waals surface area contributed by atoms with Gasteiger partial charge in [0, 0.05) is 6.20 Å². The lowest BCUT2D eigenvalue weighted by atomic mass is 10.3. The Kier molecular flexibility index (Phi) is 3.71. The Balaban J connectivity index is 2.22. The standard InChI is InChI=1S/C12H9F2NOS/c13-9-2-3-10(14)11(5-9)17-12-4-1-8(7-16)6-15-12/h1-6,16H,7H2. The molecule has 0 aliphatic rings. The summed E-state index contributed by atoms with van der Waals surface area (Å²) < 4.78 is 26.3. The van der Waals surface area contributed by atoms with E-state index in [0.29, 0.717) is 10.6 Å². The van der Waals surface area contributed by atoms with Crippen LogP contribution >= 0.6 is 11.8 Å². The molecule has 0 unspecified atom stereocenters. The van der Waals surface area contributed by atoms with E-state index < -0.39 is 11.6 Å². The number of hydrogen-bond donors (Lipinski definition) is 1. The smallest absolute Gasteiger partial charge is 0.137 e. The molecular weight excluding hydrogens is 244 g/mol. The topological polar surface area (TPSA) is 33.1 Å². The molecule has 1 N–H and O–H groups in total. The highest BCUT2D eigenvalue weighted by atomic mass is 32.2. The van der Waals surface area contributed by atoms with Gasteiger partial charge in [0.1, 0.15) is 16.7 Å². The molecule has 1 heterocycles. The summed E-state index contributed by atoms with van der Waals surface area (Å²) in [6.07, 6.45) is 1.50. The van der Waals surface area contributed by atoms with E-state index in [-0.39, 0.29) is 11.5 Å². The van der Waals surface area contributed by atoms with Gasteiger partial charge < -0.3 is 5.11 Å². The van der Waals surface area contributed by atoms with Crippen LogP contribution in [0.25, 0.3) is 0 Å². The van der Waals surface area contributed by atoms with E-state index in [1.807, 2.05) is 0 Å². The van der Waals surface area contributed by atoms with E-state index in [1.54, 1.807) is 12.1 Å². The summed E-state index contributed by atoms with van der Waals surface area (Å²) >= 11 is 1.04. The number of hydrogen-bond acceptors (Lipinski definition) is 3. The zero-order chi connectivity index (χ0) is 12.3. The van der Waals surface area contributed by atoms with E-state index in [2.05, 4.69) is 4.98 Å². The molecule has 1 aromatic heterocycles. The van der Waals surface area contributed by atoms with E-state index in [9.17, 15) is 8.78 Å². The fraction of sp³-hybridized carbons (Fsp3) is 0.0833. The van der Waals surface area contributed by atoms with Crippen LogP contribution in [-0.2, 0) is 6.61 Å². The van der Waals surface area contributed by atoms with Crippen molar-refractivity contribution >= 4 is 11.8 Å². The molecule has 0 amide bonds. The third-order valence-electron chi connectivity index (χ3n) is 2.09. The first-order chi connectivity index (χ1) is 8.19. The van der Waals surface area contributed by atoms with Crippen LogP contribution in [0.3, 0.4) is 0 Å². The number of halogens is 2. The largest absolute Gasteiger partial charge is 0.392 e. The van der Waals surface area contributed by atoms with Gasteiger partial charge in [0.2, 0.25) is 0 Å². The molecule has 0 spiro atoms. The maximum Gasteiger partial charge on any atom is 0.137 e. The lowest BCUT2D eigenvalue weighted by Crippen LogP contribution is -1.88. The predicted molar refractivity (Wildman–Crippen MR) is 60.6 cm³/mol. The van der Waals surface area contributed by atoms with Gasteiger partial charge in [-0.2, -0.15) is 0 Å². The van der Waals surface area contributed by atoms with Crippen molar-refractivity contribution in [2.75, 3.05) is 0 Å². The molecule has 0 bridgehead atoms. The van der Waals surface area contributed by atoms with Crippen molar-refractivity contribution in [1.82, 2.24) is 4.98 Å². The minimum atomic E-state index is -0.485. The molecule has 0 atom stereocenters. The van der Waals surface area contributed by atoms with Crippen LogP contribution in [-0.4, -0.2) is 10.1 Å². The third-order valence-corrected chi connectivity index (χ3v) is 3.07. The number of rotatable bonds is 3. The van der Waals surface area contributed by atoms with E-state index in [0.717, 1.165) is 30.0 Å². The van der Waals surface area contributed by atoms with Gasteiger partial charge in [0.25, 0.3) is 0 Å². The molecule has 0 radical (unpaired) electrons. The van der Waals surface area contributed by atoms with Crippen LogP contribution < -0.4 is 0 Å². The van der Waals surface area contributed by atoms with Gasteiger partial charge in [0.05, 0.1) is 11.5 Å². The molecular formula is C12H9F2NOS. The van der Waals surface area contributed by atoms with Gasteiger partial charge in [-0.25, -0.2) is 13.8 Å². The van der Waals surface area contributed by atoms with Crippen molar-refractivity contribution in [3.05, 3.63) is 53.7 Å². The first-order valence-corrected chi connectivity index (χ1v) is 5.69. The van der Waals surface area contributed by atoms with Gasteiger partial charge in [-0.3, -0.25) is 0 Å². The van der Waals surface area contributed by atoms with E-state index in [1.165, 1.54) is 6.20 Å². The van der Waals surface area contributed by atoms with Gasteiger partial charge in [-0.1, -0.05) is 17.8 Å². The van der Waals surface area contributed by atoms with Crippen LogP contribution in [0.15, 0.2) is 46.5 Å². The zero-order valence-electron chi connectivity index (χ0n) is 8.73. The number of aromatic nitrogens is 1. The Labute approximate surface area is 101 Å². The van der Waals surface area contributed by atoms with Crippen LogP contribution in [0, 0.1) is 11.6 Å². The SMILES string of the molecule is OCc1ccc(Sc2cc(F)ccc2F)nc1. The average molecular weight is 253 g/mol. The molecule has 2 rings (SSSR count). The summed E-state index contributed by atoms with van der Waals surface area (Å²) in [5.41, 5.74) is 0.675. The molecule has 0 aliphatic carbocycles. The van der Waals surface area contributed by atoms with Gasteiger partial charge in [-0.15, -0.1) is 0 Å². The number of pyridine rings is 1. The Hall–Kier alpha value is -1.46. The van der Waals surface area contributed by atoms with Crippen LogP contribution in [0.1, 0.15) is 5.56 Å². The van der Waals surface area contributed by atoms with E-state index >= 15 is 0 Å². The van der Waals surface area contributed by atoms with Crippen molar-refractivity contribution in [2.45, 2.75) is 16.5 Å². The predicted octanol–water partition coefficient (Wildman–Crippen LogP) is 3.00. The van der Waals surface area contributed by atoms with Crippen molar-refractivity contribution in [2.24, 2.45) is 0 Å². The number of nitrogens with zero attached hydrogens (tertiary/aromatic N) is 1. The Bertz CT molecular complexity index is 516. The molecule has 5 heteroatoms. The number of aliphatic hydroxyl groups is 1. The second-order valence-electron chi connectivity index (χ2n) is 3.34. The quantitative estimate of drug-likeness (QED) is 0.912. The third kappa shape index (κ3) is 3.01. The Morgan fingerprint density at radius 2 is 2.00 bits per heavy atom. The summed E-state index contributed by atoms with van der Waals surface area (Å²) in [5.74, 6) is -0.967. The van der Waals surface area contributed by atoms with Crippen LogP contribution in [0.5, 0.6) is 0 Å². The minimum Gasteiger partial charge on any atom is -0.392 e. The monoisotopic (exact) mass is 253 g/mol. The molecule has 17 heavy (non-hydrogen) atoms. The summed E-state index contributed by atoms with van der Waals surface area (Å²) in [5, 5.41) is 9.39. The van der Waals surface area contributed by atoms with Gasteiger partial charge in [0.15, 0.2) is 0 Å². The van der Waals surface area contributed by atoms with Crippen LogP contribution in [0.2, 0.25) is 0 Å². The summed E-state index contributed by atoms with van der Waals surface area (Å²) in [6.45, 7) is -0.0910. The summed E-state index contributed by atoms with van der Waals surface area (Å²) in [7, 11) is 0. The average Bonchev–Trinajstić information content (AvgIpc) is 2.35. The fourth-order valence-corrected chi connectivity index (χ4v) is 2.04. The summed E-state index contributed by atoms with van der Waals surface area (Å²) in [4.78, 5) is 4.22. The van der Waals surface area contributed by atoms with Gasteiger partial charge in [-0.05, 0) is 29.8 Å². The second kappa shape index (κ2) is 5.25. The molecule has 1 aromatic carbocycles. The van der Waals surface area contributed by atoms with E-state index in [4.69, 9.17) is 5.11 Å². The molecule has 0 saturated carbocycles. The molecule has 0 fully saturated rings. The van der Waals surface area contributed by atoms with Crippen molar-refractivity contribution in [1.29, 1.82) is 0 Å². The van der Waals surface area contributed by atoms with Crippen molar-refractivity contribution < 1.29 is 13.9 Å². The highest BCUT2D eigenvalue weighted by Gasteiger charge is 2.06. The number of benzene rings is 1. The van der Waals surface area contributed by atoms with Crippen molar-refractivity contribution in [3.63, 3.8) is 0 Å². The minimum absolute atomic E-state index is 0.0910. The molecule has 0 aliphatic heterocycles. The summed E-state index contributed by atoms with van der Waals surface area (Å²) in [6, 6.07) is 6.62. The first-order valence-electron chi connectivity index (χ1n) is 4.88. The lowest BCUT2D eigenvalue weighted by Gasteiger charge is -2.03. The highest BCUT2D eigenvalue weighted by Crippen LogP contribution is 2.28. The second-order valence-corrected chi connectivity index (χ2v) is 4.40. The molecule has 0 saturated heterocycles. The van der Waals surface area contributed by atoms with Gasteiger partial charge >= 0.3 is 0 Å². The van der Waals surface area contributed by atoms with Crippen molar-refractivity contribution in [3.8, 4) is 0 Å². The number of aliphatic hydroxyl groups excluding tert-OH is 1. The lowest BCUT2D eigenvalue weighted by molar-refractivity contribution is 0.281. The highest BCUT2D eigenvalue weighted by molar-refractivity contribution is 7.99. The normalized spacial score (nSPS) is 10.5. The fourth-order valence-electron chi connectivity index (χ4n) is 1.23. The van der Waals surface area contributed by atoms with Crippen LogP contribution in [0.4, 0.5) is 8.78 Å². The Morgan fingerprint density at radius 3 is 2.65 bits per heavy atom. The zero-order valence-corrected chi connectivity index (χ0v) is 9.55. The molecule has 2 aromatic rings.